The van der Waals surface area contributed by atoms with E-state index in [2.05, 4.69) is 11.7 Å². The Morgan fingerprint density at radius 3 is 2.76 bits per heavy atom. The van der Waals surface area contributed by atoms with E-state index in [0.29, 0.717) is 16.7 Å². The molecule has 0 radical (unpaired) electrons. The van der Waals surface area contributed by atoms with Crippen LogP contribution in [-0.4, -0.2) is 42.6 Å². The van der Waals surface area contributed by atoms with Crippen LogP contribution in [0.1, 0.15) is 26.5 Å². The number of aliphatic imine (C=N–C) groups is 1. The van der Waals surface area contributed by atoms with Crippen LogP contribution < -0.4 is 4.90 Å². The first kappa shape index (κ1) is 21.5. The van der Waals surface area contributed by atoms with Gasteiger partial charge in [0.1, 0.15) is 0 Å². The Hall–Kier alpha value is -2.22. The van der Waals surface area contributed by atoms with E-state index in [-0.39, 0.29) is 5.91 Å². The molecule has 2 heterocycles. The van der Waals surface area contributed by atoms with Gasteiger partial charge in [-0.25, -0.2) is 4.98 Å². The van der Waals surface area contributed by atoms with Crippen LogP contribution in [0.5, 0.6) is 0 Å². The Morgan fingerprint density at radius 2 is 2.07 bits per heavy atom. The van der Waals surface area contributed by atoms with Crippen molar-refractivity contribution in [3.63, 3.8) is 0 Å². The van der Waals surface area contributed by atoms with Gasteiger partial charge >= 0.3 is 0 Å². The second-order valence-electron chi connectivity index (χ2n) is 6.75. The fourth-order valence-electron chi connectivity index (χ4n) is 2.94. The standard InChI is InChI=1S/C21H23ClN4OS2/c1-14-12-16(22)13-18-19(14)24-21(29-18)26(10-5-9-25(4)11-8-23-3)20(27)17-7-6-15(2)28-17/h6-8,11-13H,3,5,9-10H2,1-2,4H3/b11-8-. The number of fused-ring (bicyclic) bond motifs is 1. The maximum atomic E-state index is 13.3. The fourth-order valence-corrected chi connectivity index (χ4v) is 5.20. The highest BCUT2D eigenvalue weighted by Crippen LogP contribution is 2.34. The summed E-state index contributed by atoms with van der Waals surface area (Å²) in [6, 6.07) is 7.66. The van der Waals surface area contributed by atoms with E-state index in [1.807, 2.05) is 56.3 Å². The number of aromatic nitrogens is 1. The van der Waals surface area contributed by atoms with E-state index in [0.717, 1.165) is 38.5 Å². The van der Waals surface area contributed by atoms with E-state index < -0.39 is 0 Å². The summed E-state index contributed by atoms with van der Waals surface area (Å²) in [4.78, 5) is 27.4. The van der Waals surface area contributed by atoms with Crippen molar-refractivity contribution in [1.82, 2.24) is 9.88 Å². The van der Waals surface area contributed by atoms with Crippen molar-refractivity contribution >= 4 is 62.2 Å². The number of halogens is 1. The maximum absolute atomic E-state index is 13.3. The lowest BCUT2D eigenvalue weighted by Crippen LogP contribution is -2.32. The monoisotopic (exact) mass is 446 g/mol. The number of carbonyl (C=O) groups excluding carboxylic acids is 1. The number of aryl methyl sites for hydroxylation is 2. The predicted octanol–water partition coefficient (Wildman–Crippen LogP) is 5.77. The zero-order valence-electron chi connectivity index (χ0n) is 16.7. The zero-order valence-corrected chi connectivity index (χ0v) is 19.1. The summed E-state index contributed by atoms with van der Waals surface area (Å²) in [6.45, 7) is 8.79. The summed E-state index contributed by atoms with van der Waals surface area (Å²) in [7, 11) is 1.97. The molecule has 0 saturated heterocycles. The van der Waals surface area contributed by atoms with Crippen LogP contribution in [0.4, 0.5) is 5.13 Å². The minimum absolute atomic E-state index is 0.0168. The molecule has 0 unspecified atom stereocenters. The molecule has 29 heavy (non-hydrogen) atoms. The maximum Gasteiger partial charge on any atom is 0.270 e. The molecule has 0 N–H and O–H groups in total. The predicted molar refractivity (Wildman–Crippen MR) is 126 cm³/mol. The number of anilines is 1. The van der Waals surface area contributed by atoms with E-state index in [1.54, 1.807) is 11.1 Å². The number of rotatable bonds is 8. The highest BCUT2D eigenvalue weighted by atomic mass is 35.5. The lowest BCUT2D eigenvalue weighted by molar-refractivity contribution is 0.0990. The van der Waals surface area contributed by atoms with E-state index in [4.69, 9.17) is 16.6 Å². The molecule has 0 atom stereocenters. The number of benzene rings is 1. The van der Waals surface area contributed by atoms with Crippen molar-refractivity contribution < 1.29 is 4.79 Å². The van der Waals surface area contributed by atoms with E-state index in [9.17, 15) is 4.79 Å². The Labute approximate surface area is 184 Å². The van der Waals surface area contributed by atoms with Gasteiger partial charge in [0, 0.05) is 42.4 Å². The van der Waals surface area contributed by atoms with Crippen molar-refractivity contribution in [1.29, 1.82) is 0 Å². The molecule has 0 aliphatic carbocycles. The van der Waals surface area contributed by atoms with Crippen molar-refractivity contribution in [2.75, 3.05) is 25.0 Å². The molecular weight excluding hydrogens is 424 g/mol. The molecule has 3 rings (SSSR count). The number of nitrogens with zero attached hydrogens (tertiary/aromatic N) is 4. The molecule has 5 nitrogen and oxygen atoms in total. The van der Waals surface area contributed by atoms with Gasteiger partial charge in [0.2, 0.25) is 0 Å². The molecule has 3 aromatic rings. The van der Waals surface area contributed by atoms with Gasteiger partial charge in [0.25, 0.3) is 5.91 Å². The Balaban J connectivity index is 1.88. The van der Waals surface area contributed by atoms with E-state index in [1.165, 1.54) is 22.7 Å². The number of thiazole rings is 1. The lowest BCUT2D eigenvalue weighted by atomic mass is 10.2. The molecule has 0 aliphatic rings. The molecule has 152 valence electrons. The summed E-state index contributed by atoms with van der Waals surface area (Å²) >= 11 is 9.22. The minimum atomic E-state index is -0.0168. The topological polar surface area (TPSA) is 48.8 Å². The second-order valence-corrected chi connectivity index (χ2v) is 9.48. The van der Waals surface area contributed by atoms with Gasteiger partial charge in [-0.05, 0) is 56.8 Å². The SMILES string of the molecule is C=N/C=C\N(C)CCCN(C(=O)c1ccc(C)s1)c1nc2c(C)cc(Cl)cc2s1. The molecule has 1 aromatic carbocycles. The second kappa shape index (κ2) is 9.52. The number of carbonyl (C=O) groups is 1. The highest BCUT2D eigenvalue weighted by Gasteiger charge is 2.23. The molecular formula is C21H23ClN4OS2. The van der Waals surface area contributed by atoms with Crippen molar-refractivity contribution in [3.8, 4) is 0 Å². The summed E-state index contributed by atoms with van der Waals surface area (Å²) in [6.07, 6.45) is 4.31. The van der Waals surface area contributed by atoms with Crippen LogP contribution in [0, 0.1) is 13.8 Å². The summed E-state index contributed by atoms with van der Waals surface area (Å²) in [5.74, 6) is -0.0168. The molecule has 8 heteroatoms. The van der Waals surface area contributed by atoms with Crippen molar-refractivity contribution in [2.24, 2.45) is 4.99 Å². The van der Waals surface area contributed by atoms with Crippen molar-refractivity contribution in [3.05, 3.63) is 57.0 Å². The van der Waals surface area contributed by atoms with Crippen LogP contribution in [0.25, 0.3) is 10.2 Å². The molecule has 0 saturated carbocycles. The van der Waals surface area contributed by atoms with Crippen LogP contribution in [0.3, 0.4) is 0 Å². The van der Waals surface area contributed by atoms with Crippen LogP contribution >= 0.6 is 34.3 Å². The minimum Gasteiger partial charge on any atom is -0.379 e. The first-order chi connectivity index (χ1) is 13.9. The molecule has 0 bridgehead atoms. The smallest absolute Gasteiger partial charge is 0.270 e. The van der Waals surface area contributed by atoms with Gasteiger partial charge in [-0.2, -0.15) is 0 Å². The third-order valence-corrected chi connectivity index (χ3v) is 6.62. The van der Waals surface area contributed by atoms with E-state index >= 15 is 0 Å². The van der Waals surface area contributed by atoms with Crippen LogP contribution in [0.2, 0.25) is 5.02 Å². The largest absolute Gasteiger partial charge is 0.379 e. The molecule has 0 aliphatic heterocycles. The first-order valence-corrected chi connectivity index (χ1v) is 11.2. The molecule has 0 fully saturated rings. The molecule has 1 amide bonds. The first-order valence-electron chi connectivity index (χ1n) is 9.17. The number of thiophene rings is 1. The van der Waals surface area contributed by atoms with Crippen molar-refractivity contribution in [2.45, 2.75) is 20.3 Å². The van der Waals surface area contributed by atoms with Gasteiger partial charge in [-0.3, -0.25) is 14.7 Å². The van der Waals surface area contributed by atoms with Crippen LogP contribution in [0.15, 0.2) is 41.7 Å². The third kappa shape index (κ3) is 5.23. The Bertz CT molecular complexity index is 1060. The molecule has 0 spiro atoms. The number of hydrogen-bond donors (Lipinski definition) is 0. The summed E-state index contributed by atoms with van der Waals surface area (Å²) in [5, 5.41) is 1.38. The molecule has 2 aromatic heterocycles. The van der Waals surface area contributed by atoms with Gasteiger partial charge in [0.15, 0.2) is 5.13 Å². The quantitative estimate of drug-likeness (QED) is 0.413. The number of hydrogen-bond acceptors (Lipinski definition) is 6. The average molecular weight is 447 g/mol. The fraction of sp³-hybridized carbons (Fsp3) is 0.286. The third-order valence-electron chi connectivity index (χ3n) is 4.39. The average Bonchev–Trinajstić information content (AvgIpc) is 3.29. The van der Waals surface area contributed by atoms with Crippen LogP contribution in [-0.2, 0) is 0 Å². The van der Waals surface area contributed by atoms with Gasteiger partial charge in [0.05, 0.1) is 15.1 Å². The highest BCUT2D eigenvalue weighted by molar-refractivity contribution is 7.22. The Kier molecular flexibility index (Phi) is 7.05. The number of amides is 1. The Morgan fingerprint density at radius 1 is 1.28 bits per heavy atom. The normalized spacial score (nSPS) is 11.3. The lowest BCUT2D eigenvalue weighted by Gasteiger charge is -2.21. The van der Waals surface area contributed by atoms with Gasteiger partial charge in [-0.1, -0.05) is 22.9 Å². The van der Waals surface area contributed by atoms with Gasteiger partial charge in [-0.15, -0.1) is 11.3 Å². The summed E-state index contributed by atoms with van der Waals surface area (Å²) < 4.78 is 0.988. The van der Waals surface area contributed by atoms with Gasteiger partial charge < -0.3 is 4.90 Å². The zero-order chi connectivity index (χ0) is 21.0. The summed E-state index contributed by atoms with van der Waals surface area (Å²) in [5.41, 5.74) is 1.91.